The summed E-state index contributed by atoms with van der Waals surface area (Å²) in [5, 5.41) is 0. The molecule has 0 fully saturated rings. The summed E-state index contributed by atoms with van der Waals surface area (Å²) in [4.78, 5) is 0. The van der Waals surface area contributed by atoms with Crippen LogP contribution in [0.4, 0.5) is 0 Å². The van der Waals surface area contributed by atoms with E-state index in [2.05, 4.69) is 55.0 Å². The minimum Gasteiger partial charge on any atom is -0.103 e. The minimum absolute atomic E-state index is 0.954. The first kappa shape index (κ1) is 37.7. The predicted octanol–water partition coefficient (Wildman–Crippen LogP) is 9.69. The van der Waals surface area contributed by atoms with Crippen LogP contribution in [0.25, 0.3) is 0 Å². The quantitative estimate of drug-likeness (QED) is 0.442. The first-order valence-electron chi connectivity index (χ1n) is 10.1. The van der Waals surface area contributed by atoms with Crippen LogP contribution in [0.3, 0.4) is 0 Å². The Morgan fingerprint density at radius 2 is 1.05 bits per heavy atom. The van der Waals surface area contributed by atoms with E-state index < -0.39 is 0 Å². The summed E-state index contributed by atoms with van der Waals surface area (Å²) in [6, 6.07) is 0. The molecule has 0 bridgehead atoms. The number of hydrogen-bond acceptors (Lipinski definition) is 0. The number of allylic oxidation sites excluding steroid dienone is 1. The summed E-state index contributed by atoms with van der Waals surface area (Å²) in [5.74, 6) is 0.954. The summed E-state index contributed by atoms with van der Waals surface area (Å²) in [5.41, 5.74) is 0. The van der Waals surface area contributed by atoms with Crippen molar-refractivity contribution < 1.29 is 0 Å². The van der Waals surface area contributed by atoms with Gasteiger partial charge in [0.25, 0.3) is 0 Å². The Morgan fingerprint density at radius 1 is 0.773 bits per heavy atom. The van der Waals surface area contributed by atoms with Crippen LogP contribution in [0.1, 0.15) is 128 Å². The van der Waals surface area contributed by atoms with Crippen molar-refractivity contribution in [3.05, 3.63) is 12.7 Å². The molecule has 1 unspecified atom stereocenters. The molecule has 0 amide bonds. The van der Waals surface area contributed by atoms with Crippen molar-refractivity contribution in [3.8, 4) is 0 Å². The van der Waals surface area contributed by atoms with Crippen LogP contribution >= 0.6 is 0 Å². The van der Waals surface area contributed by atoms with Gasteiger partial charge in [0, 0.05) is 0 Å². The van der Waals surface area contributed by atoms with E-state index in [1.807, 2.05) is 34.6 Å². The second-order valence-electron chi connectivity index (χ2n) is 4.77. The minimum atomic E-state index is 0.954. The smallest absolute Gasteiger partial charge is 0.0445 e. The van der Waals surface area contributed by atoms with Gasteiger partial charge in [0.05, 0.1) is 0 Å². The maximum absolute atomic E-state index is 3.36. The molecule has 0 aliphatic heterocycles. The Hall–Kier alpha value is -0.260. The van der Waals surface area contributed by atoms with E-state index in [4.69, 9.17) is 0 Å². The van der Waals surface area contributed by atoms with Crippen molar-refractivity contribution in [2.24, 2.45) is 5.92 Å². The van der Waals surface area contributed by atoms with Crippen LogP contribution in [0.15, 0.2) is 12.7 Å². The number of rotatable bonds is 5. The molecule has 0 aromatic heterocycles. The topological polar surface area (TPSA) is 0 Å². The largest absolute Gasteiger partial charge is 0.103 e. The molecule has 0 aromatic rings. The molecule has 0 nitrogen and oxygen atoms in total. The standard InChI is InChI=1S/C8H18.C4H10.C3H8.C3H6.2C2H6/c1-4-6-7-8(3)5-2;1-3-4-2;2*1-3-2;2*1-2/h8H,4-7H2,1-3H3;3-4H2,1-2H3;3H2,1-2H3;3H,1H2,2H3;2*1-2H3. The van der Waals surface area contributed by atoms with E-state index in [1.165, 1.54) is 44.9 Å². The third kappa shape index (κ3) is 153. The normalized spacial score (nSPS) is 8.36. The Balaban J connectivity index is -0.0000000391. The van der Waals surface area contributed by atoms with Crippen LogP contribution in [-0.4, -0.2) is 0 Å². The molecule has 0 rings (SSSR count). The first-order valence-corrected chi connectivity index (χ1v) is 10.1. The summed E-state index contributed by atoms with van der Waals surface area (Å²) >= 11 is 0. The molecule has 0 saturated heterocycles. The zero-order chi connectivity index (χ0) is 19.2. The fraction of sp³-hybridized carbons (Fsp3) is 0.909. The van der Waals surface area contributed by atoms with E-state index in [0.717, 1.165) is 5.92 Å². The summed E-state index contributed by atoms with van der Waals surface area (Å²) in [6.07, 6.45) is 11.2. The van der Waals surface area contributed by atoms with Gasteiger partial charge in [-0.25, -0.2) is 0 Å². The van der Waals surface area contributed by atoms with Gasteiger partial charge in [0.15, 0.2) is 0 Å². The van der Waals surface area contributed by atoms with Crippen LogP contribution in [0, 0.1) is 5.92 Å². The molecule has 0 aromatic carbocycles. The van der Waals surface area contributed by atoms with Crippen LogP contribution in [-0.2, 0) is 0 Å². The molecular formula is C22H54. The highest BCUT2D eigenvalue weighted by molar-refractivity contribution is 4.51. The summed E-state index contributed by atoms with van der Waals surface area (Å²) in [6.45, 7) is 28.7. The Kier molecular flexibility index (Phi) is 120. The van der Waals surface area contributed by atoms with Gasteiger partial charge in [-0.05, 0) is 12.8 Å². The third-order valence-electron chi connectivity index (χ3n) is 2.25. The van der Waals surface area contributed by atoms with Crippen molar-refractivity contribution in [1.82, 2.24) is 0 Å². The van der Waals surface area contributed by atoms with Gasteiger partial charge in [-0.15, -0.1) is 6.58 Å². The van der Waals surface area contributed by atoms with Crippen molar-refractivity contribution in [2.45, 2.75) is 128 Å². The maximum Gasteiger partial charge on any atom is -0.0445 e. The number of hydrogen-bond donors (Lipinski definition) is 0. The van der Waals surface area contributed by atoms with Gasteiger partial charge in [0.1, 0.15) is 0 Å². The van der Waals surface area contributed by atoms with E-state index in [0.29, 0.717) is 0 Å². The zero-order valence-corrected chi connectivity index (χ0v) is 18.8. The van der Waals surface area contributed by atoms with Gasteiger partial charge in [-0.3, -0.25) is 0 Å². The van der Waals surface area contributed by atoms with Gasteiger partial charge < -0.3 is 0 Å². The van der Waals surface area contributed by atoms with E-state index in [-0.39, 0.29) is 0 Å². The molecule has 0 aliphatic carbocycles. The Labute approximate surface area is 147 Å². The molecule has 0 aliphatic rings. The SMILES string of the molecule is C=CC.CC.CC.CCC.CCCC.CCCCC(C)CC. The molecule has 0 radical (unpaired) electrons. The lowest BCUT2D eigenvalue weighted by molar-refractivity contribution is 0.492. The predicted molar refractivity (Wildman–Crippen MR) is 114 cm³/mol. The third-order valence-corrected chi connectivity index (χ3v) is 2.25. The van der Waals surface area contributed by atoms with E-state index in [9.17, 15) is 0 Å². The summed E-state index contributed by atoms with van der Waals surface area (Å²) < 4.78 is 0. The highest BCUT2D eigenvalue weighted by Crippen LogP contribution is 2.09. The highest BCUT2D eigenvalue weighted by atomic mass is 14.0. The van der Waals surface area contributed by atoms with Crippen LogP contribution in [0.2, 0.25) is 0 Å². The molecule has 0 saturated carbocycles. The fourth-order valence-corrected chi connectivity index (χ4v) is 0.757. The fourth-order valence-electron chi connectivity index (χ4n) is 0.757. The van der Waals surface area contributed by atoms with E-state index in [1.54, 1.807) is 6.08 Å². The van der Waals surface area contributed by atoms with Gasteiger partial charge >= 0.3 is 0 Å². The lowest BCUT2D eigenvalue weighted by Gasteiger charge is -2.04. The molecule has 0 N–H and O–H groups in total. The zero-order valence-electron chi connectivity index (χ0n) is 18.8. The monoisotopic (exact) mass is 318 g/mol. The number of unbranched alkanes of at least 4 members (excludes halogenated alkanes) is 2. The van der Waals surface area contributed by atoms with Crippen LogP contribution < -0.4 is 0 Å². The van der Waals surface area contributed by atoms with Crippen molar-refractivity contribution in [3.63, 3.8) is 0 Å². The molecule has 0 spiro atoms. The first-order chi connectivity index (χ1) is 10.6. The summed E-state index contributed by atoms with van der Waals surface area (Å²) in [7, 11) is 0. The van der Waals surface area contributed by atoms with Crippen LogP contribution in [0.5, 0.6) is 0 Å². The molecular weight excluding hydrogens is 264 g/mol. The molecule has 1 atom stereocenters. The molecule has 0 heterocycles. The second-order valence-corrected chi connectivity index (χ2v) is 4.77. The lowest BCUT2D eigenvalue weighted by atomic mass is 10.0. The second kappa shape index (κ2) is 70.1. The highest BCUT2D eigenvalue weighted by Gasteiger charge is 1.94. The molecule has 0 heteroatoms. The average molecular weight is 319 g/mol. The van der Waals surface area contributed by atoms with Gasteiger partial charge in [-0.1, -0.05) is 127 Å². The molecule has 22 heavy (non-hydrogen) atoms. The van der Waals surface area contributed by atoms with Crippen molar-refractivity contribution >= 4 is 0 Å². The average Bonchev–Trinajstić information content (AvgIpc) is 2.58. The van der Waals surface area contributed by atoms with E-state index >= 15 is 0 Å². The van der Waals surface area contributed by atoms with Crippen molar-refractivity contribution in [1.29, 1.82) is 0 Å². The Morgan fingerprint density at radius 3 is 1.18 bits per heavy atom. The molecule has 142 valence electrons. The van der Waals surface area contributed by atoms with Gasteiger partial charge in [-0.2, -0.15) is 0 Å². The van der Waals surface area contributed by atoms with Crippen molar-refractivity contribution in [2.75, 3.05) is 0 Å². The maximum atomic E-state index is 3.36. The van der Waals surface area contributed by atoms with Gasteiger partial charge in [0.2, 0.25) is 0 Å². The lowest BCUT2D eigenvalue weighted by Crippen LogP contribution is -1.89. The Bertz CT molecular complexity index is 92.2.